The highest BCUT2D eigenvalue weighted by Crippen LogP contribution is 2.27. The minimum atomic E-state index is -3.65. The molecule has 21 heavy (non-hydrogen) atoms. The number of hydrogen-bond donors (Lipinski definition) is 2. The van der Waals surface area contributed by atoms with Crippen LogP contribution in [0.25, 0.3) is 0 Å². The average Bonchev–Trinajstić information content (AvgIpc) is 2.50. The molecule has 0 fully saturated rings. The monoisotopic (exact) mass is 335 g/mol. The van der Waals surface area contributed by atoms with Crippen molar-refractivity contribution < 1.29 is 23.0 Å². The van der Waals surface area contributed by atoms with Gasteiger partial charge in [-0.2, -0.15) is 11.8 Å². The van der Waals surface area contributed by atoms with Crippen molar-refractivity contribution in [2.75, 3.05) is 38.9 Å². The first-order chi connectivity index (χ1) is 10.0. The molecule has 1 aromatic carbocycles. The van der Waals surface area contributed by atoms with Gasteiger partial charge in [0.1, 0.15) is 16.4 Å². The molecule has 1 aromatic rings. The molecule has 0 spiro atoms. The van der Waals surface area contributed by atoms with Crippen molar-refractivity contribution in [3.63, 3.8) is 0 Å². The van der Waals surface area contributed by atoms with E-state index < -0.39 is 10.0 Å². The van der Waals surface area contributed by atoms with Crippen LogP contribution < -0.4 is 14.2 Å². The van der Waals surface area contributed by atoms with Crippen LogP contribution in [0.5, 0.6) is 11.5 Å². The van der Waals surface area contributed by atoms with E-state index in [4.69, 9.17) is 14.6 Å². The number of nitrogens with one attached hydrogen (secondary N) is 1. The van der Waals surface area contributed by atoms with E-state index in [2.05, 4.69) is 4.72 Å². The van der Waals surface area contributed by atoms with Crippen molar-refractivity contribution in [3.05, 3.63) is 18.2 Å². The first-order valence-electron chi connectivity index (χ1n) is 6.45. The molecule has 0 amide bonds. The van der Waals surface area contributed by atoms with Gasteiger partial charge in [0, 0.05) is 25.0 Å². The molecule has 0 atom stereocenters. The van der Waals surface area contributed by atoms with E-state index in [9.17, 15) is 8.42 Å². The van der Waals surface area contributed by atoms with E-state index in [1.165, 1.54) is 20.3 Å². The Kier molecular flexibility index (Phi) is 7.87. The van der Waals surface area contributed by atoms with Crippen molar-refractivity contribution in [2.45, 2.75) is 11.3 Å². The molecule has 120 valence electrons. The number of rotatable bonds is 10. The van der Waals surface area contributed by atoms with Crippen LogP contribution in [0, 0.1) is 0 Å². The van der Waals surface area contributed by atoms with Gasteiger partial charge in [0.15, 0.2) is 0 Å². The van der Waals surface area contributed by atoms with Crippen molar-refractivity contribution in [3.8, 4) is 11.5 Å². The predicted octanol–water partition coefficient (Wildman–Crippen LogP) is 1.10. The van der Waals surface area contributed by atoms with Crippen LogP contribution >= 0.6 is 11.8 Å². The Morgan fingerprint density at radius 1 is 1.24 bits per heavy atom. The molecule has 8 heteroatoms. The number of aliphatic hydroxyl groups excluding tert-OH is 1. The average molecular weight is 335 g/mol. The van der Waals surface area contributed by atoms with Crippen LogP contribution in [0.15, 0.2) is 23.1 Å². The molecule has 0 bridgehead atoms. The lowest BCUT2D eigenvalue weighted by Gasteiger charge is -2.12. The van der Waals surface area contributed by atoms with Crippen LogP contribution in [0.2, 0.25) is 0 Å². The molecule has 6 nitrogen and oxygen atoms in total. The van der Waals surface area contributed by atoms with E-state index in [-0.39, 0.29) is 17.3 Å². The van der Waals surface area contributed by atoms with Gasteiger partial charge < -0.3 is 14.6 Å². The van der Waals surface area contributed by atoms with Crippen molar-refractivity contribution in [1.82, 2.24) is 4.72 Å². The van der Waals surface area contributed by atoms with E-state index in [1.807, 2.05) is 0 Å². The van der Waals surface area contributed by atoms with Gasteiger partial charge in [0.25, 0.3) is 0 Å². The Labute approximate surface area is 129 Å². The first kappa shape index (κ1) is 18.1. The van der Waals surface area contributed by atoms with E-state index in [0.29, 0.717) is 24.5 Å². The van der Waals surface area contributed by atoms with E-state index in [1.54, 1.807) is 23.9 Å². The van der Waals surface area contributed by atoms with E-state index in [0.717, 1.165) is 5.75 Å². The normalized spacial score (nSPS) is 11.4. The highest BCUT2D eigenvalue weighted by Gasteiger charge is 2.19. The standard InChI is InChI=1S/C13H21NO5S2/c1-18-11-4-5-12(19-2)13(10-11)21(16,17)14-6-9-20-8-3-7-15/h4-5,10,14-15H,3,6-9H2,1-2H3. The largest absolute Gasteiger partial charge is 0.497 e. The van der Waals surface area contributed by atoms with Gasteiger partial charge in [-0.1, -0.05) is 0 Å². The number of methoxy groups -OCH3 is 2. The lowest BCUT2D eigenvalue weighted by molar-refractivity contribution is 0.296. The Morgan fingerprint density at radius 2 is 2.00 bits per heavy atom. The lowest BCUT2D eigenvalue weighted by Crippen LogP contribution is -2.26. The second-order valence-electron chi connectivity index (χ2n) is 4.10. The minimum absolute atomic E-state index is 0.0599. The Morgan fingerprint density at radius 3 is 2.62 bits per heavy atom. The maximum Gasteiger partial charge on any atom is 0.244 e. The van der Waals surface area contributed by atoms with Gasteiger partial charge in [0.05, 0.1) is 14.2 Å². The molecule has 0 saturated carbocycles. The second kappa shape index (κ2) is 9.14. The van der Waals surface area contributed by atoms with Crippen LogP contribution in [-0.4, -0.2) is 52.4 Å². The molecule has 0 unspecified atom stereocenters. The minimum Gasteiger partial charge on any atom is -0.497 e. The first-order valence-corrected chi connectivity index (χ1v) is 9.09. The summed E-state index contributed by atoms with van der Waals surface area (Å²) in [5, 5.41) is 8.66. The van der Waals surface area contributed by atoms with Crippen molar-refractivity contribution >= 4 is 21.8 Å². The summed E-state index contributed by atoms with van der Waals surface area (Å²) >= 11 is 1.59. The van der Waals surface area contributed by atoms with Gasteiger partial charge in [-0.15, -0.1) is 0 Å². The summed E-state index contributed by atoms with van der Waals surface area (Å²) in [6.07, 6.45) is 0.709. The summed E-state index contributed by atoms with van der Waals surface area (Å²) in [5.41, 5.74) is 0. The fourth-order valence-electron chi connectivity index (χ4n) is 1.59. The molecule has 0 saturated heterocycles. The summed E-state index contributed by atoms with van der Waals surface area (Å²) < 4.78 is 37.2. The maximum atomic E-state index is 12.3. The number of sulfonamides is 1. The zero-order chi connectivity index (χ0) is 15.7. The number of aliphatic hydroxyl groups is 1. The summed E-state index contributed by atoms with van der Waals surface area (Å²) in [5.74, 6) is 2.18. The van der Waals surface area contributed by atoms with Crippen LogP contribution in [0.4, 0.5) is 0 Å². The van der Waals surface area contributed by atoms with Gasteiger partial charge >= 0.3 is 0 Å². The Bertz CT molecular complexity index is 533. The zero-order valence-corrected chi connectivity index (χ0v) is 13.8. The highest BCUT2D eigenvalue weighted by molar-refractivity contribution is 7.99. The Hall–Kier alpha value is -0.960. The molecule has 0 aromatic heterocycles. The smallest absolute Gasteiger partial charge is 0.244 e. The lowest BCUT2D eigenvalue weighted by atomic mass is 10.3. The van der Waals surface area contributed by atoms with E-state index >= 15 is 0 Å². The molecular formula is C13H21NO5S2. The van der Waals surface area contributed by atoms with Gasteiger partial charge in [0.2, 0.25) is 10.0 Å². The second-order valence-corrected chi connectivity index (χ2v) is 7.06. The molecule has 2 N–H and O–H groups in total. The maximum absolute atomic E-state index is 12.3. The molecular weight excluding hydrogens is 314 g/mol. The SMILES string of the molecule is COc1ccc(OC)c(S(=O)(=O)NCCSCCCO)c1. The van der Waals surface area contributed by atoms with Crippen molar-refractivity contribution in [2.24, 2.45) is 0 Å². The van der Waals surface area contributed by atoms with Crippen LogP contribution in [0.1, 0.15) is 6.42 Å². The number of thioether (sulfide) groups is 1. The number of benzene rings is 1. The number of hydrogen-bond acceptors (Lipinski definition) is 6. The van der Waals surface area contributed by atoms with Gasteiger partial charge in [-0.25, -0.2) is 13.1 Å². The third kappa shape index (κ3) is 5.74. The molecule has 1 rings (SSSR count). The molecule has 0 aliphatic heterocycles. The fraction of sp³-hybridized carbons (Fsp3) is 0.538. The van der Waals surface area contributed by atoms with Crippen LogP contribution in [-0.2, 0) is 10.0 Å². The number of ether oxygens (including phenoxy) is 2. The molecule has 0 heterocycles. The van der Waals surface area contributed by atoms with Crippen molar-refractivity contribution in [1.29, 1.82) is 0 Å². The summed E-state index contributed by atoms with van der Waals surface area (Å²) in [7, 11) is -0.748. The van der Waals surface area contributed by atoms with Gasteiger partial charge in [-0.3, -0.25) is 0 Å². The Balaban J connectivity index is 2.69. The quantitative estimate of drug-likeness (QED) is 0.623. The predicted molar refractivity (Wildman–Crippen MR) is 83.8 cm³/mol. The topological polar surface area (TPSA) is 84.9 Å². The summed E-state index contributed by atoms with van der Waals surface area (Å²) in [6.45, 7) is 0.471. The van der Waals surface area contributed by atoms with Crippen LogP contribution in [0.3, 0.4) is 0 Å². The molecule has 0 aliphatic rings. The fourth-order valence-corrected chi connectivity index (χ4v) is 3.72. The van der Waals surface area contributed by atoms with Gasteiger partial charge in [-0.05, 0) is 24.3 Å². The highest BCUT2D eigenvalue weighted by atomic mass is 32.2. The zero-order valence-electron chi connectivity index (χ0n) is 12.2. The molecule has 0 radical (unpaired) electrons. The summed E-state index contributed by atoms with van der Waals surface area (Å²) in [4.78, 5) is 0.0599. The molecule has 0 aliphatic carbocycles. The summed E-state index contributed by atoms with van der Waals surface area (Å²) in [6, 6.07) is 4.63. The third-order valence-electron chi connectivity index (χ3n) is 2.65. The third-order valence-corrected chi connectivity index (χ3v) is 5.20.